The van der Waals surface area contributed by atoms with E-state index in [1.807, 2.05) is 30.3 Å². The number of hydrogen-bond donors (Lipinski definition) is 2. The maximum Gasteiger partial charge on any atom is 0.163 e. The summed E-state index contributed by atoms with van der Waals surface area (Å²) in [4.78, 5) is 8.88. The van der Waals surface area contributed by atoms with Gasteiger partial charge in [0.15, 0.2) is 5.82 Å². The number of nitrogens with one attached hydrogen (secondary N) is 1. The van der Waals surface area contributed by atoms with E-state index in [0.29, 0.717) is 23.6 Å². The van der Waals surface area contributed by atoms with E-state index >= 15 is 0 Å². The highest BCUT2D eigenvalue weighted by atomic mass is 15.1. The van der Waals surface area contributed by atoms with Crippen LogP contribution in [-0.4, -0.2) is 16.0 Å². The third-order valence-corrected chi connectivity index (χ3v) is 3.35. The Morgan fingerprint density at radius 1 is 1.05 bits per heavy atom. The number of aromatic nitrogens is 2. The minimum atomic E-state index is 0.366. The molecule has 0 saturated heterocycles. The molecule has 0 bridgehead atoms. The third-order valence-electron chi connectivity index (χ3n) is 3.35. The first-order valence-corrected chi connectivity index (χ1v) is 7.51. The van der Waals surface area contributed by atoms with Gasteiger partial charge in [-0.05, 0) is 25.7 Å². The van der Waals surface area contributed by atoms with E-state index in [1.54, 1.807) is 6.07 Å². The maximum absolute atomic E-state index is 5.90. The van der Waals surface area contributed by atoms with Crippen LogP contribution < -0.4 is 11.1 Å². The lowest BCUT2D eigenvalue weighted by Gasteiger charge is -2.16. The minimum Gasteiger partial charge on any atom is -0.384 e. The van der Waals surface area contributed by atoms with Gasteiger partial charge in [0, 0.05) is 17.7 Å². The molecule has 0 saturated carbocycles. The van der Waals surface area contributed by atoms with Gasteiger partial charge in [0.05, 0.1) is 0 Å². The molecule has 3 N–H and O–H groups in total. The maximum atomic E-state index is 5.90. The Hall–Kier alpha value is -2.10. The molecule has 2 aromatic rings. The van der Waals surface area contributed by atoms with E-state index in [-0.39, 0.29) is 0 Å². The Bertz CT molecular complexity index is 566. The molecule has 1 unspecified atom stereocenters. The van der Waals surface area contributed by atoms with Gasteiger partial charge in [0.2, 0.25) is 0 Å². The van der Waals surface area contributed by atoms with Crippen LogP contribution in [0.2, 0.25) is 0 Å². The Morgan fingerprint density at radius 3 is 2.43 bits per heavy atom. The Labute approximate surface area is 126 Å². The Morgan fingerprint density at radius 2 is 1.76 bits per heavy atom. The molecule has 0 aliphatic rings. The molecule has 0 aliphatic carbocycles. The molecule has 0 spiro atoms. The van der Waals surface area contributed by atoms with Crippen molar-refractivity contribution in [2.24, 2.45) is 5.92 Å². The van der Waals surface area contributed by atoms with Crippen molar-refractivity contribution in [3.05, 3.63) is 36.4 Å². The monoisotopic (exact) mass is 284 g/mol. The van der Waals surface area contributed by atoms with Crippen molar-refractivity contribution >= 4 is 11.6 Å². The molecule has 4 nitrogen and oxygen atoms in total. The number of rotatable bonds is 6. The van der Waals surface area contributed by atoms with Crippen molar-refractivity contribution in [2.75, 3.05) is 11.1 Å². The summed E-state index contributed by atoms with van der Waals surface area (Å²) in [6, 6.07) is 12.0. The lowest BCUT2D eigenvalue weighted by molar-refractivity contribution is 0.527. The fourth-order valence-electron chi connectivity index (χ4n) is 2.16. The molecular formula is C17H24N4. The van der Waals surface area contributed by atoms with Gasteiger partial charge in [0.25, 0.3) is 0 Å². The second-order valence-corrected chi connectivity index (χ2v) is 5.88. The van der Waals surface area contributed by atoms with Gasteiger partial charge in [-0.15, -0.1) is 0 Å². The fourth-order valence-corrected chi connectivity index (χ4v) is 2.16. The first-order chi connectivity index (χ1) is 10.0. The molecule has 0 amide bonds. The van der Waals surface area contributed by atoms with Gasteiger partial charge in [0.1, 0.15) is 11.6 Å². The number of nitrogen functional groups attached to an aromatic ring is 1. The predicted octanol–water partition coefficient (Wildman–Crippen LogP) is 3.96. The zero-order chi connectivity index (χ0) is 15.2. The van der Waals surface area contributed by atoms with Crippen LogP contribution in [0.15, 0.2) is 36.4 Å². The molecule has 21 heavy (non-hydrogen) atoms. The zero-order valence-corrected chi connectivity index (χ0v) is 13.0. The van der Waals surface area contributed by atoms with Crippen LogP contribution >= 0.6 is 0 Å². The quantitative estimate of drug-likeness (QED) is 0.842. The molecule has 0 aliphatic heterocycles. The third kappa shape index (κ3) is 4.74. The van der Waals surface area contributed by atoms with Crippen LogP contribution in [0.3, 0.4) is 0 Å². The van der Waals surface area contributed by atoms with Crippen molar-refractivity contribution in [3.8, 4) is 11.4 Å². The summed E-state index contributed by atoms with van der Waals surface area (Å²) in [5, 5.41) is 3.42. The molecule has 2 rings (SSSR count). The summed E-state index contributed by atoms with van der Waals surface area (Å²) < 4.78 is 0. The van der Waals surface area contributed by atoms with Crippen LogP contribution in [-0.2, 0) is 0 Å². The largest absolute Gasteiger partial charge is 0.384 e. The van der Waals surface area contributed by atoms with E-state index in [0.717, 1.165) is 17.8 Å². The second-order valence-electron chi connectivity index (χ2n) is 5.88. The van der Waals surface area contributed by atoms with E-state index in [2.05, 4.69) is 36.1 Å². The van der Waals surface area contributed by atoms with Crippen LogP contribution in [0.25, 0.3) is 11.4 Å². The van der Waals surface area contributed by atoms with Crippen molar-refractivity contribution in [1.82, 2.24) is 9.97 Å². The summed E-state index contributed by atoms with van der Waals surface area (Å²) in [5.41, 5.74) is 6.88. The summed E-state index contributed by atoms with van der Waals surface area (Å²) in [5.74, 6) is 2.65. The second kappa shape index (κ2) is 7.07. The molecular weight excluding hydrogens is 260 g/mol. The van der Waals surface area contributed by atoms with E-state index in [4.69, 9.17) is 5.73 Å². The van der Waals surface area contributed by atoms with Crippen LogP contribution in [0, 0.1) is 5.92 Å². The highest BCUT2D eigenvalue weighted by molar-refractivity contribution is 5.60. The van der Waals surface area contributed by atoms with Crippen molar-refractivity contribution in [1.29, 1.82) is 0 Å². The molecule has 1 atom stereocenters. The summed E-state index contributed by atoms with van der Waals surface area (Å²) in [6.07, 6.45) is 2.31. The molecule has 1 heterocycles. The zero-order valence-electron chi connectivity index (χ0n) is 13.0. The standard InChI is InChI=1S/C17H24N4/c1-12(2)9-10-13(3)19-16-11-15(18)20-17(21-16)14-7-5-4-6-8-14/h4-8,11-13H,9-10H2,1-3H3,(H3,18,19,20,21). The summed E-state index contributed by atoms with van der Waals surface area (Å²) in [6.45, 7) is 6.65. The average Bonchev–Trinajstić information content (AvgIpc) is 2.45. The highest BCUT2D eigenvalue weighted by Gasteiger charge is 2.08. The fraction of sp³-hybridized carbons (Fsp3) is 0.412. The number of anilines is 2. The number of nitrogens with two attached hydrogens (primary N) is 1. The van der Waals surface area contributed by atoms with Gasteiger partial charge in [-0.2, -0.15) is 0 Å². The molecule has 4 heteroatoms. The number of nitrogens with zero attached hydrogens (tertiary/aromatic N) is 2. The molecule has 1 aromatic carbocycles. The van der Waals surface area contributed by atoms with Gasteiger partial charge < -0.3 is 11.1 Å². The highest BCUT2D eigenvalue weighted by Crippen LogP contribution is 2.19. The van der Waals surface area contributed by atoms with Crippen molar-refractivity contribution in [2.45, 2.75) is 39.7 Å². The first kappa shape index (κ1) is 15.3. The van der Waals surface area contributed by atoms with Gasteiger partial charge >= 0.3 is 0 Å². The molecule has 0 radical (unpaired) electrons. The predicted molar refractivity (Wildman–Crippen MR) is 89.0 cm³/mol. The van der Waals surface area contributed by atoms with E-state index in [9.17, 15) is 0 Å². The Balaban J connectivity index is 2.12. The van der Waals surface area contributed by atoms with Gasteiger partial charge in [-0.1, -0.05) is 44.2 Å². The normalized spacial score (nSPS) is 12.4. The SMILES string of the molecule is CC(C)CCC(C)Nc1cc(N)nc(-c2ccccc2)n1. The minimum absolute atomic E-state index is 0.366. The average molecular weight is 284 g/mol. The van der Waals surface area contributed by atoms with Crippen molar-refractivity contribution in [3.63, 3.8) is 0 Å². The first-order valence-electron chi connectivity index (χ1n) is 7.51. The number of benzene rings is 1. The van der Waals surface area contributed by atoms with E-state index < -0.39 is 0 Å². The molecule has 0 fully saturated rings. The number of hydrogen-bond acceptors (Lipinski definition) is 4. The lowest BCUT2D eigenvalue weighted by atomic mass is 10.0. The molecule has 112 valence electrons. The summed E-state index contributed by atoms with van der Waals surface area (Å²) >= 11 is 0. The van der Waals surface area contributed by atoms with E-state index in [1.165, 1.54) is 6.42 Å². The van der Waals surface area contributed by atoms with Crippen LogP contribution in [0.5, 0.6) is 0 Å². The lowest BCUT2D eigenvalue weighted by Crippen LogP contribution is -2.17. The van der Waals surface area contributed by atoms with Gasteiger partial charge in [-0.25, -0.2) is 9.97 Å². The van der Waals surface area contributed by atoms with Crippen LogP contribution in [0.1, 0.15) is 33.6 Å². The topological polar surface area (TPSA) is 63.8 Å². The smallest absolute Gasteiger partial charge is 0.163 e. The van der Waals surface area contributed by atoms with Crippen LogP contribution in [0.4, 0.5) is 11.6 Å². The summed E-state index contributed by atoms with van der Waals surface area (Å²) in [7, 11) is 0. The van der Waals surface area contributed by atoms with Crippen molar-refractivity contribution < 1.29 is 0 Å². The Kier molecular flexibility index (Phi) is 5.14. The van der Waals surface area contributed by atoms with Gasteiger partial charge in [-0.3, -0.25) is 0 Å². The molecule has 1 aromatic heterocycles.